The topological polar surface area (TPSA) is 130 Å². The first-order valence-electron chi connectivity index (χ1n) is 10.0. The highest BCUT2D eigenvalue weighted by atomic mass is 32.2. The molecule has 164 valence electrons. The maximum Gasteiger partial charge on any atom is 0.349 e. The molecule has 10 nitrogen and oxygen atoms in total. The SMILES string of the molecule is Cc1cc2nc3c(=O)[nH]c(=O)nc-3n(CCN3CCC[C@@H]3C(=O)NS(C)=O)c2cc1C. The lowest BCUT2D eigenvalue weighted by Gasteiger charge is -2.25. The number of aromatic nitrogens is 4. The van der Waals surface area contributed by atoms with Crippen LogP contribution < -0.4 is 16.0 Å². The third-order valence-electron chi connectivity index (χ3n) is 5.75. The Morgan fingerprint density at radius 3 is 2.71 bits per heavy atom. The van der Waals surface area contributed by atoms with Crippen LogP contribution in [0.2, 0.25) is 0 Å². The number of aromatic amines is 1. The molecule has 0 radical (unpaired) electrons. The first-order valence-corrected chi connectivity index (χ1v) is 11.6. The second-order valence-electron chi connectivity index (χ2n) is 7.85. The monoisotopic (exact) mass is 444 g/mol. The molecule has 3 heterocycles. The van der Waals surface area contributed by atoms with Crippen LogP contribution >= 0.6 is 0 Å². The molecule has 1 aromatic carbocycles. The summed E-state index contributed by atoms with van der Waals surface area (Å²) in [4.78, 5) is 49.4. The number of hydrogen-bond donors (Lipinski definition) is 2. The summed E-state index contributed by atoms with van der Waals surface area (Å²) >= 11 is 0. The Kier molecular flexibility index (Phi) is 5.71. The molecule has 2 atom stereocenters. The van der Waals surface area contributed by atoms with E-state index in [1.54, 1.807) is 0 Å². The molecule has 11 heteroatoms. The van der Waals surface area contributed by atoms with Gasteiger partial charge in [-0.1, -0.05) is 0 Å². The molecule has 1 saturated heterocycles. The minimum Gasteiger partial charge on any atom is -0.321 e. The number of hydrogen-bond acceptors (Lipinski definition) is 7. The summed E-state index contributed by atoms with van der Waals surface area (Å²) in [5.74, 6) is -0.0324. The van der Waals surface area contributed by atoms with E-state index in [4.69, 9.17) is 0 Å². The summed E-state index contributed by atoms with van der Waals surface area (Å²) in [6, 6.07) is 3.52. The van der Waals surface area contributed by atoms with Gasteiger partial charge in [0, 0.05) is 19.3 Å². The van der Waals surface area contributed by atoms with E-state index in [0.29, 0.717) is 25.0 Å². The van der Waals surface area contributed by atoms with Gasteiger partial charge in [0.15, 0.2) is 11.5 Å². The number of fused-ring (bicyclic) bond motifs is 2. The predicted molar refractivity (Wildman–Crippen MR) is 117 cm³/mol. The van der Waals surface area contributed by atoms with Gasteiger partial charge in [0.25, 0.3) is 5.56 Å². The highest BCUT2D eigenvalue weighted by Crippen LogP contribution is 2.24. The number of rotatable bonds is 5. The van der Waals surface area contributed by atoms with Crippen LogP contribution in [0.15, 0.2) is 21.7 Å². The Hall–Kier alpha value is -2.92. The quantitative estimate of drug-likeness (QED) is 0.533. The van der Waals surface area contributed by atoms with E-state index in [0.717, 1.165) is 29.6 Å². The minimum atomic E-state index is -1.42. The largest absolute Gasteiger partial charge is 0.349 e. The Balaban J connectivity index is 1.76. The summed E-state index contributed by atoms with van der Waals surface area (Å²) in [6.45, 7) is 5.60. The maximum atomic E-state index is 12.4. The van der Waals surface area contributed by atoms with Crippen molar-refractivity contribution in [1.82, 2.24) is 29.1 Å². The average molecular weight is 445 g/mol. The molecule has 3 aliphatic rings. The molecule has 1 amide bonds. The molecule has 31 heavy (non-hydrogen) atoms. The molecule has 3 aliphatic heterocycles. The van der Waals surface area contributed by atoms with Crippen molar-refractivity contribution in [3.63, 3.8) is 0 Å². The van der Waals surface area contributed by atoms with Crippen molar-refractivity contribution >= 4 is 27.9 Å². The molecule has 2 N–H and O–H groups in total. The van der Waals surface area contributed by atoms with Crippen LogP contribution in [-0.2, 0) is 22.3 Å². The van der Waals surface area contributed by atoms with Crippen LogP contribution in [0.25, 0.3) is 22.6 Å². The molecule has 0 aliphatic carbocycles. The molecular weight excluding hydrogens is 420 g/mol. The lowest BCUT2D eigenvalue weighted by atomic mass is 10.1. The van der Waals surface area contributed by atoms with Crippen LogP contribution in [-0.4, -0.2) is 59.9 Å². The fraction of sp³-hybridized carbons (Fsp3) is 0.450. The van der Waals surface area contributed by atoms with Crippen LogP contribution in [0, 0.1) is 13.8 Å². The second kappa shape index (κ2) is 8.31. The lowest BCUT2D eigenvalue weighted by Crippen LogP contribution is -2.44. The number of H-pyrrole nitrogens is 1. The van der Waals surface area contributed by atoms with E-state index in [-0.39, 0.29) is 23.5 Å². The van der Waals surface area contributed by atoms with Crippen molar-refractivity contribution in [3.05, 3.63) is 44.1 Å². The van der Waals surface area contributed by atoms with Gasteiger partial charge >= 0.3 is 5.69 Å². The molecular formula is C20H24N6O4S. The van der Waals surface area contributed by atoms with Gasteiger partial charge in [-0.2, -0.15) is 4.98 Å². The van der Waals surface area contributed by atoms with Gasteiger partial charge in [-0.15, -0.1) is 0 Å². The first-order chi connectivity index (χ1) is 14.7. The highest BCUT2D eigenvalue weighted by Gasteiger charge is 2.31. The summed E-state index contributed by atoms with van der Waals surface area (Å²) in [7, 11) is -1.42. The van der Waals surface area contributed by atoms with Gasteiger partial charge < -0.3 is 4.57 Å². The van der Waals surface area contributed by atoms with Gasteiger partial charge in [-0.05, 0) is 56.5 Å². The Morgan fingerprint density at radius 2 is 1.97 bits per heavy atom. The van der Waals surface area contributed by atoms with Gasteiger partial charge in [0.05, 0.1) is 17.1 Å². The zero-order valence-electron chi connectivity index (χ0n) is 17.6. The van der Waals surface area contributed by atoms with Gasteiger partial charge in [-0.3, -0.25) is 24.2 Å². The van der Waals surface area contributed by atoms with Crippen molar-refractivity contribution in [3.8, 4) is 11.5 Å². The van der Waals surface area contributed by atoms with Crippen LogP contribution in [0.4, 0.5) is 0 Å². The summed E-state index contributed by atoms with van der Waals surface area (Å²) in [5, 5.41) is 0. The van der Waals surface area contributed by atoms with E-state index < -0.39 is 22.2 Å². The van der Waals surface area contributed by atoms with E-state index in [1.165, 1.54) is 6.26 Å². The third-order valence-corrected chi connectivity index (χ3v) is 6.23. The number of aryl methyl sites for hydroxylation is 2. The molecule has 0 spiro atoms. The van der Waals surface area contributed by atoms with Gasteiger partial charge in [0.2, 0.25) is 5.91 Å². The van der Waals surface area contributed by atoms with Crippen LogP contribution in [0.5, 0.6) is 0 Å². The van der Waals surface area contributed by atoms with Crippen molar-refractivity contribution in [2.75, 3.05) is 19.3 Å². The second-order valence-corrected chi connectivity index (χ2v) is 8.96. The van der Waals surface area contributed by atoms with Crippen LogP contribution in [0.1, 0.15) is 24.0 Å². The van der Waals surface area contributed by atoms with E-state index in [2.05, 4.69) is 19.7 Å². The zero-order chi connectivity index (χ0) is 22.3. The smallest absolute Gasteiger partial charge is 0.321 e. The highest BCUT2D eigenvalue weighted by molar-refractivity contribution is 7.82. The van der Waals surface area contributed by atoms with Gasteiger partial charge in [-0.25, -0.2) is 14.0 Å². The molecule has 4 rings (SSSR count). The van der Waals surface area contributed by atoms with Crippen LogP contribution in [0.3, 0.4) is 0 Å². The summed E-state index contributed by atoms with van der Waals surface area (Å²) in [6.07, 6.45) is 2.97. The van der Waals surface area contributed by atoms with Crippen molar-refractivity contribution in [2.45, 2.75) is 39.3 Å². The fourth-order valence-corrected chi connectivity index (χ4v) is 4.52. The zero-order valence-corrected chi connectivity index (χ0v) is 18.4. The van der Waals surface area contributed by atoms with Crippen molar-refractivity contribution < 1.29 is 9.00 Å². The number of carbonyl (C=O) groups is 1. The first kappa shape index (κ1) is 21.3. The number of nitrogens with one attached hydrogen (secondary N) is 2. The summed E-state index contributed by atoms with van der Waals surface area (Å²) in [5.41, 5.74) is 2.31. The van der Waals surface area contributed by atoms with Crippen molar-refractivity contribution in [2.24, 2.45) is 0 Å². The maximum absolute atomic E-state index is 12.4. The molecule has 0 bridgehead atoms. The standard InChI is InChI=1S/C20H24N6O4S/c1-11-9-13-15(10-12(11)2)26(17-16(21-13)19(28)23-20(29)22-17)8-7-25-6-4-5-14(25)18(27)24-31(3)30/h9-10,14H,4-8H2,1-3H3,(H,24,27)(H,23,28,29)/t14-,31?/m1/s1. The molecule has 0 saturated carbocycles. The average Bonchev–Trinajstić information content (AvgIpc) is 3.15. The summed E-state index contributed by atoms with van der Waals surface area (Å²) < 4.78 is 15.7. The fourth-order valence-electron chi connectivity index (χ4n) is 4.11. The number of benzene rings is 1. The molecule has 1 fully saturated rings. The molecule has 1 aromatic rings. The number of likely N-dealkylation sites (tertiary alicyclic amines) is 1. The Morgan fingerprint density at radius 1 is 1.23 bits per heavy atom. The number of amides is 1. The Labute approximate surface area is 180 Å². The molecule has 1 unspecified atom stereocenters. The van der Waals surface area contributed by atoms with Gasteiger partial charge in [0.1, 0.15) is 11.0 Å². The number of nitrogens with zero attached hydrogens (tertiary/aromatic N) is 4. The Bertz CT molecular complexity index is 1280. The van der Waals surface area contributed by atoms with Crippen molar-refractivity contribution in [1.29, 1.82) is 0 Å². The molecule has 0 aromatic heterocycles. The van der Waals surface area contributed by atoms with E-state index in [1.807, 2.05) is 35.4 Å². The predicted octanol–water partition coefficient (Wildman–Crippen LogP) is 0.0755. The van der Waals surface area contributed by atoms with E-state index in [9.17, 15) is 18.6 Å². The minimum absolute atomic E-state index is 0.104. The van der Waals surface area contributed by atoms with E-state index >= 15 is 0 Å². The normalized spacial score (nSPS) is 18.0. The lowest BCUT2D eigenvalue weighted by molar-refractivity contribution is -0.123. The third kappa shape index (κ3) is 4.15. The number of carbonyl (C=O) groups excluding carboxylic acids is 1.